The molecular formula is C28H27FN4O4. The quantitative estimate of drug-likeness (QED) is 0.377. The minimum atomic E-state index is -0.521. The average Bonchev–Trinajstić information content (AvgIpc) is 3.11. The number of aromatic nitrogens is 2. The number of ether oxygens (including phenoxy) is 3. The highest BCUT2D eigenvalue weighted by Gasteiger charge is 2.34. The smallest absolute Gasteiger partial charge is 0.258 e. The van der Waals surface area contributed by atoms with E-state index in [-0.39, 0.29) is 23.4 Å². The number of amides is 1. The highest BCUT2D eigenvalue weighted by Crippen LogP contribution is 2.41. The van der Waals surface area contributed by atoms with E-state index in [9.17, 15) is 9.18 Å². The van der Waals surface area contributed by atoms with Crippen LogP contribution in [0.1, 0.15) is 23.6 Å². The maximum Gasteiger partial charge on any atom is 0.258 e. The van der Waals surface area contributed by atoms with Gasteiger partial charge in [-0.1, -0.05) is 24.3 Å². The van der Waals surface area contributed by atoms with Crippen molar-refractivity contribution in [2.45, 2.75) is 18.9 Å². The largest absolute Gasteiger partial charge is 0.493 e. The Kier molecular flexibility index (Phi) is 6.76. The molecule has 2 unspecified atom stereocenters. The molecule has 0 spiro atoms. The lowest BCUT2D eigenvalue weighted by Crippen LogP contribution is -2.32. The van der Waals surface area contributed by atoms with E-state index in [0.29, 0.717) is 35.4 Å². The normalized spacial score (nSPS) is 16.8. The fourth-order valence-electron chi connectivity index (χ4n) is 4.69. The summed E-state index contributed by atoms with van der Waals surface area (Å²) in [4.78, 5) is 22.8. The maximum absolute atomic E-state index is 13.8. The van der Waals surface area contributed by atoms with Crippen molar-refractivity contribution < 1.29 is 23.4 Å². The molecule has 3 aromatic carbocycles. The highest BCUT2D eigenvalue weighted by atomic mass is 19.1. The second kappa shape index (κ2) is 10.3. The Labute approximate surface area is 213 Å². The Bertz CT molecular complexity index is 1440. The number of rotatable bonds is 6. The molecule has 2 heterocycles. The van der Waals surface area contributed by atoms with Crippen molar-refractivity contribution in [1.29, 1.82) is 0 Å². The fraction of sp³-hybridized carbons (Fsp3) is 0.250. The zero-order valence-electron chi connectivity index (χ0n) is 20.7. The van der Waals surface area contributed by atoms with Crippen molar-refractivity contribution in [3.05, 3.63) is 77.6 Å². The highest BCUT2D eigenvalue weighted by molar-refractivity contribution is 5.95. The molecule has 2 atom stereocenters. The van der Waals surface area contributed by atoms with Gasteiger partial charge in [-0.25, -0.2) is 14.4 Å². The number of methoxy groups -OCH3 is 3. The van der Waals surface area contributed by atoms with Crippen LogP contribution in [0.2, 0.25) is 0 Å². The van der Waals surface area contributed by atoms with Gasteiger partial charge in [0.1, 0.15) is 5.82 Å². The van der Waals surface area contributed by atoms with Crippen molar-refractivity contribution in [2.75, 3.05) is 32.0 Å². The van der Waals surface area contributed by atoms with E-state index < -0.39 is 12.0 Å². The maximum atomic E-state index is 13.8. The molecule has 1 aliphatic rings. The van der Waals surface area contributed by atoms with Crippen LogP contribution in [0.15, 0.2) is 60.7 Å². The summed E-state index contributed by atoms with van der Waals surface area (Å²) in [5, 5.41) is 6.44. The van der Waals surface area contributed by atoms with Crippen LogP contribution >= 0.6 is 0 Å². The first-order chi connectivity index (χ1) is 18.0. The van der Waals surface area contributed by atoms with Crippen molar-refractivity contribution in [3.63, 3.8) is 0 Å². The molecule has 0 saturated carbocycles. The van der Waals surface area contributed by atoms with Gasteiger partial charge in [0.2, 0.25) is 5.91 Å². The van der Waals surface area contributed by atoms with Crippen LogP contribution in [0.5, 0.6) is 17.4 Å². The van der Waals surface area contributed by atoms with Gasteiger partial charge < -0.3 is 24.8 Å². The number of nitrogens with zero attached hydrogens (tertiary/aromatic N) is 2. The van der Waals surface area contributed by atoms with E-state index >= 15 is 0 Å². The van der Waals surface area contributed by atoms with Crippen LogP contribution < -0.4 is 24.8 Å². The summed E-state index contributed by atoms with van der Waals surface area (Å²) >= 11 is 0. The first-order valence-corrected chi connectivity index (χ1v) is 11.9. The SMILES string of the molecule is COc1cc2c(cc1OC)NC(c1ccc(F)cc1)C(C(=O)Nc1nc3ccccc3nc1OC)CC2. The molecule has 0 radical (unpaired) electrons. The number of anilines is 2. The second-order valence-corrected chi connectivity index (χ2v) is 8.74. The van der Waals surface area contributed by atoms with Crippen molar-refractivity contribution in [2.24, 2.45) is 5.92 Å². The predicted octanol–water partition coefficient (Wildman–Crippen LogP) is 5.15. The van der Waals surface area contributed by atoms with Gasteiger partial charge in [-0.05, 0) is 54.3 Å². The summed E-state index contributed by atoms with van der Waals surface area (Å²) in [5.74, 6) is 0.538. The standard InChI is InChI=1S/C28H27FN4O4/c1-35-23-14-17-10-13-19(25(16-8-11-18(29)12-9-16)30-22(17)15-24(23)36-2)27(34)33-26-28(37-3)32-21-7-5-4-6-20(21)31-26/h4-9,11-12,14-15,19,25,30H,10,13H2,1-3H3,(H,31,33,34). The number of hydrogen-bond acceptors (Lipinski definition) is 7. The van der Waals surface area contributed by atoms with E-state index in [4.69, 9.17) is 14.2 Å². The van der Waals surface area contributed by atoms with E-state index in [1.165, 1.54) is 19.2 Å². The number of aryl methyl sites for hydroxylation is 1. The van der Waals surface area contributed by atoms with Gasteiger partial charge in [-0.3, -0.25) is 4.79 Å². The molecule has 9 heteroatoms. The van der Waals surface area contributed by atoms with Crippen LogP contribution in [0.4, 0.5) is 15.9 Å². The molecule has 0 bridgehead atoms. The lowest BCUT2D eigenvalue weighted by Gasteiger charge is -2.27. The zero-order chi connectivity index (χ0) is 25.9. The molecule has 4 aromatic rings. The van der Waals surface area contributed by atoms with E-state index in [1.54, 1.807) is 26.4 Å². The number of fused-ring (bicyclic) bond motifs is 2. The Hall–Kier alpha value is -4.40. The number of nitrogens with one attached hydrogen (secondary N) is 2. The van der Waals surface area contributed by atoms with Gasteiger partial charge in [0.15, 0.2) is 17.3 Å². The van der Waals surface area contributed by atoms with Gasteiger partial charge in [0, 0.05) is 11.8 Å². The minimum absolute atomic E-state index is 0.227. The van der Waals surface area contributed by atoms with E-state index in [2.05, 4.69) is 20.6 Å². The Morgan fingerprint density at radius 3 is 2.30 bits per heavy atom. The van der Waals surface area contributed by atoms with Gasteiger partial charge in [-0.15, -0.1) is 0 Å². The average molecular weight is 503 g/mol. The van der Waals surface area contributed by atoms with Gasteiger partial charge in [0.05, 0.1) is 44.3 Å². The molecule has 1 aromatic heterocycles. The molecule has 1 aliphatic heterocycles. The third-order valence-corrected chi connectivity index (χ3v) is 6.59. The number of carbonyl (C=O) groups is 1. The van der Waals surface area contributed by atoms with Crippen molar-refractivity contribution in [1.82, 2.24) is 9.97 Å². The monoisotopic (exact) mass is 502 g/mol. The first-order valence-electron chi connectivity index (χ1n) is 11.9. The van der Waals surface area contributed by atoms with E-state index in [1.807, 2.05) is 36.4 Å². The van der Waals surface area contributed by atoms with E-state index in [0.717, 1.165) is 16.8 Å². The summed E-state index contributed by atoms with van der Waals surface area (Å²) < 4.78 is 30.1. The first kappa shape index (κ1) is 24.3. The summed E-state index contributed by atoms with van der Waals surface area (Å²) in [6.07, 6.45) is 1.13. The van der Waals surface area contributed by atoms with Gasteiger partial charge in [0.25, 0.3) is 5.88 Å². The molecule has 0 aliphatic carbocycles. The van der Waals surface area contributed by atoms with Crippen LogP contribution in [0.25, 0.3) is 11.0 Å². The summed E-state index contributed by atoms with van der Waals surface area (Å²) in [6, 6.07) is 16.9. The molecule has 8 nitrogen and oxygen atoms in total. The zero-order valence-corrected chi connectivity index (χ0v) is 20.7. The van der Waals surface area contributed by atoms with Crippen LogP contribution in [-0.4, -0.2) is 37.2 Å². The molecule has 0 fully saturated rings. The molecule has 37 heavy (non-hydrogen) atoms. The third-order valence-electron chi connectivity index (χ3n) is 6.59. The number of para-hydroxylation sites is 2. The fourth-order valence-corrected chi connectivity index (χ4v) is 4.69. The predicted molar refractivity (Wildman–Crippen MR) is 139 cm³/mol. The summed E-state index contributed by atoms with van der Waals surface area (Å²) in [6.45, 7) is 0. The number of benzene rings is 3. The number of halogens is 1. The lowest BCUT2D eigenvalue weighted by molar-refractivity contribution is -0.120. The van der Waals surface area contributed by atoms with Crippen LogP contribution in [-0.2, 0) is 11.2 Å². The van der Waals surface area contributed by atoms with Crippen molar-refractivity contribution in [3.8, 4) is 17.4 Å². The molecule has 1 amide bonds. The number of carbonyl (C=O) groups excluding carboxylic acids is 1. The van der Waals surface area contributed by atoms with Crippen molar-refractivity contribution >= 4 is 28.4 Å². The third kappa shape index (κ3) is 4.84. The van der Waals surface area contributed by atoms with Gasteiger partial charge in [-0.2, -0.15) is 0 Å². The molecule has 0 saturated heterocycles. The molecule has 2 N–H and O–H groups in total. The summed E-state index contributed by atoms with van der Waals surface area (Å²) in [5.41, 5.74) is 3.89. The Morgan fingerprint density at radius 1 is 0.946 bits per heavy atom. The second-order valence-electron chi connectivity index (χ2n) is 8.74. The lowest BCUT2D eigenvalue weighted by atomic mass is 9.89. The topological polar surface area (TPSA) is 94.6 Å². The van der Waals surface area contributed by atoms with Crippen LogP contribution in [0.3, 0.4) is 0 Å². The Morgan fingerprint density at radius 2 is 1.62 bits per heavy atom. The van der Waals surface area contributed by atoms with Crippen LogP contribution in [0, 0.1) is 11.7 Å². The number of hydrogen-bond donors (Lipinski definition) is 2. The summed E-state index contributed by atoms with van der Waals surface area (Å²) in [7, 11) is 4.65. The minimum Gasteiger partial charge on any atom is -0.493 e. The molecule has 190 valence electrons. The molecular weight excluding hydrogens is 475 g/mol. The molecule has 5 rings (SSSR count). The van der Waals surface area contributed by atoms with Gasteiger partial charge >= 0.3 is 0 Å². The Balaban J connectivity index is 1.52.